The number of hydrogen-bond acceptors (Lipinski definition) is 1. The van der Waals surface area contributed by atoms with Crippen LogP contribution in [-0.2, 0) is 6.54 Å². The molecule has 1 saturated heterocycles. The Labute approximate surface area is 110 Å². The highest BCUT2D eigenvalue weighted by molar-refractivity contribution is 9.10. The Morgan fingerprint density at radius 2 is 2.24 bits per heavy atom. The smallest absolute Gasteiger partial charge is 0.0492 e. The van der Waals surface area contributed by atoms with Gasteiger partial charge in [-0.15, -0.1) is 0 Å². The van der Waals surface area contributed by atoms with Crippen LogP contribution in [0.2, 0.25) is 0 Å². The zero-order valence-corrected chi connectivity index (χ0v) is 11.7. The van der Waals surface area contributed by atoms with Gasteiger partial charge in [-0.1, -0.05) is 22.0 Å². The van der Waals surface area contributed by atoms with Crippen LogP contribution in [0.3, 0.4) is 0 Å². The van der Waals surface area contributed by atoms with Crippen LogP contribution in [0.25, 0.3) is 10.9 Å². The van der Waals surface area contributed by atoms with Gasteiger partial charge in [0.15, 0.2) is 0 Å². The fourth-order valence-corrected chi connectivity index (χ4v) is 3.10. The van der Waals surface area contributed by atoms with E-state index in [-0.39, 0.29) is 0 Å². The zero-order valence-electron chi connectivity index (χ0n) is 10.1. The summed E-state index contributed by atoms with van der Waals surface area (Å²) < 4.78 is 3.54. The number of rotatable bonds is 2. The summed E-state index contributed by atoms with van der Waals surface area (Å²) in [7, 11) is 2.24. The molecular formula is C14H17BrN2. The molecule has 0 aliphatic carbocycles. The highest BCUT2D eigenvalue weighted by Gasteiger charge is 2.21. The van der Waals surface area contributed by atoms with E-state index in [1.165, 1.54) is 30.3 Å². The minimum Gasteiger partial charge on any atom is -0.346 e. The lowest BCUT2D eigenvalue weighted by molar-refractivity contribution is 0.284. The van der Waals surface area contributed by atoms with Gasteiger partial charge in [-0.3, -0.25) is 0 Å². The lowest BCUT2D eigenvalue weighted by atomic mass is 10.2. The molecule has 17 heavy (non-hydrogen) atoms. The predicted octanol–water partition coefficient (Wildman–Crippen LogP) is 3.50. The first-order chi connectivity index (χ1) is 8.24. The van der Waals surface area contributed by atoms with E-state index in [2.05, 4.69) is 62.9 Å². The Morgan fingerprint density at radius 3 is 3.00 bits per heavy atom. The predicted molar refractivity (Wildman–Crippen MR) is 75.3 cm³/mol. The minimum atomic E-state index is 0.699. The van der Waals surface area contributed by atoms with Crippen molar-refractivity contribution in [2.45, 2.75) is 25.4 Å². The Hall–Kier alpha value is -0.800. The van der Waals surface area contributed by atoms with E-state index in [4.69, 9.17) is 0 Å². The van der Waals surface area contributed by atoms with Gasteiger partial charge in [0.1, 0.15) is 0 Å². The highest BCUT2D eigenvalue weighted by atomic mass is 79.9. The van der Waals surface area contributed by atoms with Gasteiger partial charge in [0.2, 0.25) is 0 Å². The second-order valence-corrected chi connectivity index (χ2v) is 5.86. The third-order valence-corrected chi connectivity index (χ3v) is 4.31. The monoisotopic (exact) mass is 292 g/mol. The number of benzene rings is 1. The second-order valence-electron chi connectivity index (χ2n) is 4.95. The third kappa shape index (κ3) is 2.14. The Bertz CT molecular complexity index is 532. The minimum absolute atomic E-state index is 0.699. The first-order valence-corrected chi connectivity index (χ1v) is 6.98. The molecule has 0 radical (unpaired) electrons. The fraction of sp³-hybridized carbons (Fsp3) is 0.429. The topological polar surface area (TPSA) is 8.17 Å². The van der Waals surface area contributed by atoms with Gasteiger partial charge in [-0.05, 0) is 50.0 Å². The number of aromatic nitrogens is 1. The van der Waals surface area contributed by atoms with E-state index in [1.54, 1.807) is 0 Å². The first kappa shape index (κ1) is 11.3. The number of fused-ring (bicyclic) bond motifs is 1. The van der Waals surface area contributed by atoms with Crippen LogP contribution in [-0.4, -0.2) is 29.1 Å². The maximum atomic E-state index is 3.55. The molecule has 3 rings (SSSR count). The SMILES string of the molecule is CN1CCC[C@@H]1Cn1ccc2ccc(Br)cc21. The maximum Gasteiger partial charge on any atom is 0.0492 e. The summed E-state index contributed by atoms with van der Waals surface area (Å²) in [6.45, 7) is 2.35. The van der Waals surface area contributed by atoms with Crippen molar-refractivity contribution in [3.05, 3.63) is 34.9 Å². The molecule has 90 valence electrons. The van der Waals surface area contributed by atoms with Gasteiger partial charge >= 0.3 is 0 Å². The molecule has 1 aliphatic rings. The summed E-state index contributed by atoms with van der Waals surface area (Å²) in [4.78, 5) is 2.48. The van der Waals surface area contributed by atoms with Crippen LogP contribution in [0.1, 0.15) is 12.8 Å². The van der Waals surface area contributed by atoms with Crippen LogP contribution in [0.5, 0.6) is 0 Å². The number of likely N-dealkylation sites (N-methyl/N-ethyl adjacent to an activating group) is 1. The van der Waals surface area contributed by atoms with Gasteiger partial charge in [-0.2, -0.15) is 0 Å². The van der Waals surface area contributed by atoms with Crippen molar-refractivity contribution >= 4 is 26.8 Å². The lowest BCUT2D eigenvalue weighted by Gasteiger charge is -2.20. The van der Waals surface area contributed by atoms with Crippen LogP contribution in [0, 0.1) is 0 Å². The molecule has 0 unspecified atom stereocenters. The van der Waals surface area contributed by atoms with Crippen molar-refractivity contribution in [1.29, 1.82) is 0 Å². The summed E-state index contributed by atoms with van der Waals surface area (Å²) in [5, 5.41) is 1.33. The molecule has 3 heteroatoms. The van der Waals surface area contributed by atoms with E-state index < -0.39 is 0 Å². The lowest BCUT2D eigenvalue weighted by Crippen LogP contribution is -2.28. The molecule has 2 nitrogen and oxygen atoms in total. The molecule has 1 fully saturated rings. The first-order valence-electron chi connectivity index (χ1n) is 6.19. The molecule has 0 saturated carbocycles. The number of hydrogen-bond donors (Lipinski definition) is 0. The number of nitrogens with zero attached hydrogens (tertiary/aromatic N) is 2. The number of likely N-dealkylation sites (tertiary alicyclic amines) is 1. The Balaban J connectivity index is 1.92. The zero-order chi connectivity index (χ0) is 11.8. The van der Waals surface area contributed by atoms with Crippen molar-refractivity contribution in [3.63, 3.8) is 0 Å². The highest BCUT2D eigenvalue weighted by Crippen LogP contribution is 2.23. The van der Waals surface area contributed by atoms with Crippen LogP contribution in [0.4, 0.5) is 0 Å². The van der Waals surface area contributed by atoms with Gasteiger partial charge in [0, 0.05) is 28.8 Å². The molecule has 0 N–H and O–H groups in total. The van der Waals surface area contributed by atoms with Gasteiger partial charge in [0.05, 0.1) is 0 Å². The summed E-state index contributed by atoms with van der Waals surface area (Å²) in [6.07, 6.45) is 4.87. The average Bonchev–Trinajstić information content (AvgIpc) is 2.88. The summed E-state index contributed by atoms with van der Waals surface area (Å²) in [5.41, 5.74) is 1.33. The molecule has 1 aromatic carbocycles. The van der Waals surface area contributed by atoms with Crippen LogP contribution >= 0.6 is 15.9 Å². The van der Waals surface area contributed by atoms with Crippen molar-refractivity contribution in [2.24, 2.45) is 0 Å². The van der Waals surface area contributed by atoms with Gasteiger partial charge in [0.25, 0.3) is 0 Å². The van der Waals surface area contributed by atoms with Crippen molar-refractivity contribution < 1.29 is 0 Å². The Kier molecular flexibility index (Phi) is 2.97. The molecule has 1 aliphatic heterocycles. The average molecular weight is 293 g/mol. The second kappa shape index (κ2) is 4.46. The molecule has 0 bridgehead atoms. The van der Waals surface area contributed by atoms with Crippen LogP contribution < -0.4 is 0 Å². The van der Waals surface area contributed by atoms with Crippen molar-refractivity contribution in [1.82, 2.24) is 9.47 Å². The van der Waals surface area contributed by atoms with Crippen molar-refractivity contribution in [3.8, 4) is 0 Å². The maximum absolute atomic E-state index is 3.55. The van der Waals surface area contributed by atoms with E-state index >= 15 is 0 Å². The molecule has 0 spiro atoms. The molecular weight excluding hydrogens is 276 g/mol. The fourth-order valence-electron chi connectivity index (χ4n) is 2.75. The van der Waals surface area contributed by atoms with E-state index in [0.29, 0.717) is 6.04 Å². The quantitative estimate of drug-likeness (QED) is 0.822. The number of halogens is 1. The standard InChI is InChI=1S/C14H17BrN2/c1-16-7-2-3-13(16)10-17-8-6-11-4-5-12(15)9-14(11)17/h4-6,8-9,13H,2-3,7,10H2,1H3/t13-/m1/s1. The normalized spacial score (nSPS) is 21.4. The third-order valence-electron chi connectivity index (χ3n) is 3.81. The van der Waals surface area contributed by atoms with Gasteiger partial charge < -0.3 is 9.47 Å². The summed E-state index contributed by atoms with van der Waals surface area (Å²) >= 11 is 3.55. The molecule has 2 heterocycles. The van der Waals surface area contributed by atoms with Gasteiger partial charge in [-0.25, -0.2) is 0 Å². The molecule has 1 aromatic heterocycles. The summed E-state index contributed by atoms with van der Waals surface area (Å²) in [6, 6.07) is 9.40. The largest absolute Gasteiger partial charge is 0.346 e. The van der Waals surface area contributed by atoms with E-state index in [9.17, 15) is 0 Å². The molecule has 0 amide bonds. The molecule has 2 aromatic rings. The Morgan fingerprint density at radius 1 is 1.35 bits per heavy atom. The summed E-state index contributed by atoms with van der Waals surface area (Å²) in [5.74, 6) is 0. The van der Waals surface area contributed by atoms with Crippen molar-refractivity contribution in [2.75, 3.05) is 13.6 Å². The van der Waals surface area contributed by atoms with E-state index in [1.807, 2.05) is 0 Å². The molecule has 1 atom stereocenters. The van der Waals surface area contributed by atoms with E-state index in [0.717, 1.165) is 11.0 Å². The van der Waals surface area contributed by atoms with Crippen LogP contribution in [0.15, 0.2) is 34.9 Å².